The van der Waals surface area contributed by atoms with Gasteiger partial charge in [0.2, 0.25) is 0 Å². The number of halogens is 1. The van der Waals surface area contributed by atoms with E-state index in [9.17, 15) is 9.18 Å². The third-order valence-electron chi connectivity index (χ3n) is 4.20. The lowest BCUT2D eigenvalue weighted by atomic mass is 9.96. The van der Waals surface area contributed by atoms with Crippen LogP contribution in [-0.4, -0.2) is 25.5 Å². The minimum atomic E-state index is -0.250. The number of thiophene rings is 1. The van der Waals surface area contributed by atoms with Crippen molar-refractivity contribution in [2.24, 2.45) is 5.92 Å². The van der Waals surface area contributed by atoms with Crippen molar-refractivity contribution in [2.45, 2.75) is 19.3 Å². The molecule has 3 nitrogen and oxygen atoms in total. The predicted molar refractivity (Wildman–Crippen MR) is 92.3 cm³/mol. The lowest BCUT2D eigenvalue weighted by Crippen LogP contribution is -2.33. The van der Waals surface area contributed by atoms with Gasteiger partial charge in [0.1, 0.15) is 5.82 Å². The summed E-state index contributed by atoms with van der Waals surface area (Å²) in [4.78, 5) is 13.9. The minimum absolute atomic E-state index is 0.0212. The number of benzene rings is 1. The van der Waals surface area contributed by atoms with Gasteiger partial charge in [0.15, 0.2) is 0 Å². The standard InChI is InChI=1S/C18H21FN2OS/c19-15-5-3-14(4-6-15)16-7-8-17(23-16)18(22)21-11-9-13-2-1-10-20-12-13/h3-8,13,20H,1-2,9-12H2,(H,21,22). The molecular formula is C18H21FN2OS. The lowest BCUT2D eigenvalue weighted by Gasteiger charge is -2.22. The number of piperidine rings is 1. The molecule has 1 amide bonds. The van der Waals surface area contributed by atoms with Crippen LogP contribution < -0.4 is 10.6 Å². The number of carbonyl (C=O) groups is 1. The molecule has 2 N–H and O–H groups in total. The molecule has 23 heavy (non-hydrogen) atoms. The summed E-state index contributed by atoms with van der Waals surface area (Å²) in [6.45, 7) is 2.89. The van der Waals surface area contributed by atoms with Crippen LogP contribution in [0, 0.1) is 11.7 Å². The maximum Gasteiger partial charge on any atom is 0.261 e. The quantitative estimate of drug-likeness (QED) is 0.877. The van der Waals surface area contributed by atoms with Gasteiger partial charge in [-0.05, 0) is 68.1 Å². The molecule has 5 heteroatoms. The number of amides is 1. The molecule has 1 unspecified atom stereocenters. The third-order valence-corrected chi connectivity index (χ3v) is 5.33. The van der Waals surface area contributed by atoms with E-state index in [1.807, 2.05) is 12.1 Å². The Morgan fingerprint density at radius 1 is 1.26 bits per heavy atom. The van der Waals surface area contributed by atoms with Gasteiger partial charge >= 0.3 is 0 Å². The summed E-state index contributed by atoms with van der Waals surface area (Å²) < 4.78 is 13.0. The van der Waals surface area contributed by atoms with Crippen molar-refractivity contribution >= 4 is 17.2 Å². The first kappa shape index (κ1) is 16.1. The zero-order valence-corrected chi connectivity index (χ0v) is 13.8. The first-order chi connectivity index (χ1) is 11.2. The van der Waals surface area contributed by atoms with Gasteiger partial charge in [-0.1, -0.05) is 12.1 Å². The number of nitrogens with one attached hydrogen (secondary N) is 2. The van der Waals surface area contributed by atoms with Crippen molar-refractivity contribution < 1.29 is 9.18 Å². The van der Waals surface area contributed by atoms with Crippen LogP contribution in [0.3, 0.4) is 0 Å². The van der Waals surface area contributed by atoms with Gasteiger partial charge < -0.3 is 10.6 Å². The Kier molecular flexibility index (Phi) is 5.41. The SMILES string of the molecule is O=C(NCCC1CCCNC1)c1ccc(-c2ccc(F)cc2)s1. The van der Waals surface area contributed by atoms with Crippen molar-refractivity contribution in [3.63, 3.8) is 0 Å². The highest BCUT2D eigenvalue weighted by molar-refractivity contribution is 7.17. The molecule has 1 aliphatic rings. The van der Waals surface area contributed by atoms with E-state index < -0.39 is 0 Å². The molecule has 0 saturated carbocycles. The number of rotatable bonds is 5. The molecule has 1 aromatic carbocycles. The number of carbonyl (C=O) groups excluding carboxylic acids is 1. The van der Waals surface area contributed by atoms with Crippen LogP contribution in [-0.2, 0) is 0 Å². The highest BCUT2D eigenvalue weighted by atomic mass is 32.1. The first-order valence-electron chi connectivity index (χ1n) is 8.07. The van der Waals surface area contributed by atoms with Crippen molar-refractivity contribution in [3.8, 4) is 10.4 Å². The fourth-order valence-electron chi connectivity index (χ4n) is 2.88. The summed E-state index contributed by atoms with van der Waals surface area (Å²) in [5.41, 5.74) is 0.934. The zero-order chi connectivity index (χ0) is 16.1. The third kappa shape index (κ3) is 4.39. The summed E-state index contributed by atoms with van der Waals surface area (Å²) >= 11 is 1.44. The van der Waals surface area contributed by atoms with E-state index in [1.54, 1.807) is 12.1 Å². The Morgan fingerprint density at radius 3 is 2.83 bits per heavy atom. The second-order valence-electron chi connectivity index (χ2n) is 5.93. The molecule has 0 bridgehead atoms. The highest BCUT2D eigenvalue weighted by Crippen LogP contribution is 2.28. The molecule has 1 atom stereocenters. The lowest BCUT2D eigenvalue weighted by molar-refractivity contribution is 0.0954. The monoisotopic (exact) mass is 332 g/mol. The fraction of sp³-hybridized carbons (Fsp3) is 0.389. The Bertz CT molecular complexity index is 647. The fourth-order valence-corrected chi connectivity index (χ4v) is 3.80. The maximum absolute atomic E-state index is 13.0. The van der Waals surface area contributed by atoms with E-state index in [0.29, 0.717) is 10.8 Å². The predicted octanol–water partition coefficient (Wildman–Crippen LogP) is 3.67. The van der Waals surface area contributed by atoms with Crippen LogP contribution in [0.15, 0.2) is 36.4 Å². The second-order valence-corrected chi connectivity index (χ2v) is 7.01. The van der Waals surface area contributed by atoms with E-state index in [1.165, 1.54) is 36.3 Å². The van der Waals surface area contributed by atoms with Crippen molar-refractivity contribution in [2.75, 3.05) is 19.6 Å². The largest absolute Gasteiger partial charge is 0.351 e. The summed E-state index contributed by atoms with van der Waals surface area (Å²) in [7, 11) is 0. The summed E-state index contributed by atoms with van der Waals surface area (Å²) in [5.74, 6) is 0.398. The van der Waals surface area contributed by atoms with E-state index in [4.69, 9.17) is 0 Å². The molecule has 1 saturated heterocycles. The molecule has 0 aliphatic carbocycles. The summed E-state index contributed by atoms with van der Waals surface area (Å²) in [6.07, 6.45) is 3.50. The molecule has 0 spiro atoms. The van der Waals surface area contributed by atoms with Gasteiger partial charge in [-0.25, -0.2) is 4.39 Å². The Hall–Kier alpha value is -1.72. The second kappa shape index (κ2) is 7.70. The van der Waals surface area contributed by atoms with Crippen LogP contribution in [0.1, 0.15) is 28.9 Å². The van der Waals surface area contributed by atoms with E-state index in [2.05, 4.69) is 10.6 Å². The zero-order valence-electron chi connectivity index (χ0n) is 13.0. The minimum Gasteiger partial charge on any atom is -0.351 e. The topological polar surface area (TPSA) is 41.1 Å². The van der Waals surface area contributed by atoms with Crippen molar-refractivity contribution in [3.05, 3.63) is 47.1 Å². The maximum atomic E-state index is 13.0. The van der Waals surface area contributed by atoms with Gasteiger partial charge in [-0.2, -0.15) is 0 Å². The molecule has 122 valence electrons. The molecule has 0 radical (unpaired) electrons. The van der Waals surface area contributed by atoms with Gasteiger partial charge in [0.25, 0.3) is 5.91 Å². The smallest absolute Gasteiger partial charge is 0.261 e. The highest BCUT2D eigenvalue weighted by Gasteiger charge is 2.14. The molecule has 3 rings (SSSR count). The van der Waals surface area contributed by atoms with Crippen LogP contribution in [0.2, 0.25) is 0 Å². The van der Waals surface area contributed by atoms with Crippen LogP contribution in [0.5, 0.6) is 0 Å². The average molecular weight is 332 g/mol. The average Bonchev–Trinajstić information content (AvgIpc) is 3.06. The molecule has 1 aliphatic heterocycles. The van der Waals surface area contributed by atoms with Gasteiger partial charge in [0.05, 0.1) is 4.88 Å². The van der Waals surface area contributed by atoms with Crippen molar-refractivity contribution in [1.29, 1.82) is 0 Å². The first-order valence-corrected chi connectivity index (χ1v) is 8.89. The molecule has 2 heterocycles. The van der Waals surface area contributed by atoms with E-state index in [-0.39, 0.29) is 11.7 Å². The van der Waals surface area contributed by atoms with Gasteiger partial charge in [-0.15, -0.1) is 11.3 Å². The van der Waals surface area contributed by atoms with Crippen LogP contribution in [0.4, 0.5) is 4.39 Å². The van der Waals surface area contributed by atoms with E-state index >= 15 is 0 Å². The molecule has 1 fully saturated rings. The van der Waals surface area contributed by atoms with E-state index in [0.717, 1.165) is 36.5 Å². The molecule has 2 aromatic rings. The summed E-state index contributed by atoms with van der Waals surface area (Å²) in [6, 6.07) is 10.1. The normalized spacial score (nSPS) is 17.9. The van der Waals surface area contributed by atoms with Gasteiger partial charge in [0, 0.05) is 11.4 Å². The molecule has 1 aromatic heterocycles. The van der Waals surface area contributed by atoms with Gasteiger partial charge in [-0.3, -0.25) is 4.79 Å². The van der Waals surface area contributed by atoms with Crippen LogP contribution in [0.25, 0.3) is 10.4 Å². The Labute approximate surface area is 139 Å². The number of hydrogen-bond donors (Lipinski definition) is 2. The Morgan fingerprint density at radius 2 is 2.09 bits per heavy atom. The summed E-state index contributed by atoms with van der Waals surface area (Å²) in [5, 5.41) is 6.40. The molecular weight excluding hydrogens is 311 g/mol. The van der Waals surface area contributed by atoms with Crippen LogP contribution >= 0.6 is 11.3 Å². The Balaban J connectivity index is 1.52. The number of hydrogen-bond acceptors (Lipinski definition) is 3. The van der Waals surface area contributed by atoms with Crippen molar-refractivity contribution in [1.82, 2.24) is 10.6 Å².